The van der Waals surface area contributed by atoms with Crippen LogP contribution >= 0.6 is 0 Å². The molecule has 10 aromatic rings. The molecule has 0 radical (unpaired) electrons. The molecule has 0 N–H and O–H groups in total. The van der Waals surface area contributed by atoms with E-state index in [4.69, 9.17) is 4.74 Å². The third-order valence-corrected chi connectivity index (χ3v) is 12.3. The standard InChI is InChI=1S/C55H35NO/c1-2-17-41(18-3-1)56(43-32-25-36-13-4-5-16-40(36)35-43)42-30-26-39(27-31-42)44-22-12-24-49-52(44)47-21-10-11-23-48(47)55(49)50-33-28-37-14-6-8-19-45(37)53(50)57-54-46-20-9-7-15-38(46)29-34-51(54)55/h1-35H. The van der Waals surface area contributed by atoms with Gasteiger partial charge >= 0.3 is 0 Å². The molecule has 1 aliphatic carbocycles. The second-order valence-electron chi connectivity index (χ2n) is 15.2. The van der Waals surface area contributed by atoms with Crippen LogP contribution in [-0.4, -0.2) is 0 Å². The molecule has 266 valence electrons. The number of hydrogen-bond acceptors (Lipinski definition) is 2. The fourth-order valence-electron chi connectivity index (χ4n) is 9.82. The Balaban J connectivity index is 1.08. The maximum atomic E-state index is 7.16. The summed E-state index contributed by atoms with van der Waals surface area (Å²) in [5.74, 6) is 1.87. The summed E-state index contributed by atoms with van der Waals surface area (Å²) < 4.78 is 7.16. The van der Waals surface area contributed by atoms with E-state index in [0.717, 1.165) is 39.3 Å². The number of ether oxygens (including phenoxy) is 1. The second-order valence-corrected chi connectivity index (χ2v) is 15.2. The number of fused-ring (bicyclic) bond motifs is 14. The van der Waals surface area contributed by atoms with Crippen molar-refractivity contribution in [1.82, 2.24) is 0 Å². The molecule has 1 heterocycles. The predicted octanol–water partition coefficient (Wildman–Crippen LogP) is 14.8. The Morgan fingerprint density at radius 2 is 0.860 bits per heavy atom. The zero-order valence-electron chi connectivity index (χ0n) is 31.1. The van der Waals surface area contributed by atoms with Crippen molar-refractivity contribution in [2.75, 3.05) is 4.90 Å². The molecule has 0 fully saturated rings. The summed E-state index contributed by atoms with van der Waals surface area (Å²) in [6, 6.07) is 77.4. The molecule has 0 saturated heterocycles. The minimum absolute atomic E-state index is 0.584. The highest BCUT2D eigenvalue weighted by atomic mass is 16.5. The quantitative estimate of drug-likeness (QED) is 0.179. The number of para-hydroxylation sites is 1. The van der Waals surface area contributed by atoms with Crippen LogP contribution in [0.4, 0.5) is 17.1 Å². The Labute approximate surface area is 331 Å². The Hall–Kier alpha value is -7.42. The molecule has 0 atom stereocenters. The van der Waals surface area contributed by atoms with Crippen molar-refractivity contribution < 1.29 is 4.74 Å². The minimum Gasteiger partial charge on any atom is -0.455 e. The topological polar surface area (TPSA) is 12.5 Å². The van der Waals surface area contributed by atoms with Crippen LogP contribution in [0, 0.1) is 0 Å². The molecule has 1 aliphatic heterocycles. The van der Waals surface area contributed by atoms with Gasteiger partial charge in [0.1, 0.15) is 11.5 Å². The normalized spacial score (nSPS) is 13.2. The monoisotopic (exact) mass is 725 g/mol. The summed E-state index contributed by atoms with van der Waals surface area (Å²) in [5.41, 5.74) is 12.6. The lowest BCUT2D eigenvalue weighted by atomic mass is 9.65. The van der Waals surface area contributed by atoms with Gasteiger partial charge in [-0.2, -0.15) is 0 Å². The van der Waals surface area contributed by atoms with E-state index >= 15 is 0 Å². The highest BCUT2D eigenvalue weighted by molar-refractivity contribution is 6.02. The van der Waals surface area contributed by atoms with Gasteiger partial charge < -0.3 is 9.64 Å². The molecule has 57 heavy (non-hydrogen) atoms. The summed E-state index contributed by atoms with van der Waals surface area (Å²) in [6.07, 6.45) is 0. The van der Waals surface area contributed by atoms with Crippen LogP contribution < -0.4 is 9.64 Å². The smallest absolute Gasteiger partial charge is 0.140 e. The Morgan fingerprint density at radius 3 is 1.58 bits per heavy atom. The number of anilines is 3. The summed E-state index contributed by atoms with van der Waals surface area (Å²) in [4.78, 5) is 2.35. The van der Waals surface area contributed by atoms with Crippen LogP contribution in [0.2, 0.25) is 0 Å². The second kappa shape index (κ2) is 12.3. The number of nitrogens with zero attached hydrogens (tertiary/aromatic N) is 1. The van der Waals surface area contributed by atoms with E-state index in [9.17, 15) is 0 Å². The highest BCUT2D eigenvalue weighted by Crippen LogP contribution is 2.65. The van der Waals surface area contributed by atoms with Crippen LogP contribution in [0.25, 0.3) is 54.6 Å². The summed E-state index contributed by atoms with van der Waals surface area (Å²) in [5, 5.41) is 7.04. The van der Waals surface area contributed by atoms with Gasteiger partial charge in [-0.15, -0.1) is 0 Å². The van der Waals surface area contributed by atoms with Gasteiger partial charge in [0.25, 0.3) is 0 Å². The molecule has 2 nitrogen and oxygen atoms in total. The van der Waals surface area contributed by atoms with Gasteiger partial charge in [-0.25, -0.2) is 0 Å². The fraction of sp³-hybridized carbons (Fsp3) is 0.0182. The van der Waals surface area contributed by atoms with Gasteiger partial charge in [-0.1, -0.05) is 176 Å². The van der Waals surface area contributed by atoms with Crippen LogP contribution in [0.1, 0.15) is 22.3 Å². The van der Waals surface area contributed by atoms with Gasteiger partial charge in [0, 0.05) is 39.0 Å². The van der Waals surface area contributed by atoms with Crippen molar-refractivity contribution in [3.8, 4) is 33.8 Å². The minimum atomic E-state index is -0.584. The molecule has 0 aromatic heterocycles. The molecular formula is C55H35NO. The van der Waals surface area contributed by atoms with E-state index in [0.29, 0.717) is 0 Å². The van der Waals surface area contributed by atoms with E-state index < -0.39 is 5.41 Å². The molecule has 0 saturated carbocycles. The van der Waals surface area contributed by atoms with Gasteiger partial charge in [0.05, 0.1) is 5.41 Å². The van der Waals surface area contributed by atoms with Crippen LogP contribution in [0.15, 0.2) is 212 Å². The van der Waals surface area contributed by atoms with Crippen molar-refractivity contribution in [3.05, 3.63) is 235 Å². The van der Waals surface area contributed by atoms with Crippen molar-refractivity contribution >= 4 is 49.4 Å². The molecule has 2 heteroatoms. The molecular weight excluding hydrogens is 691 g/mol. The van der Waals surface area contributed by atoms with Crippen molar-refractivity contribution in [2.45, 2.75) is 5.41 Å². The molecule has 0 bridgehead atoms. The lowest BCUT2D eigenvalue weighted by Gasteiger charge is -2.40. The fourth-order valence-corrected chi connectivity index (χ4v) is 9.82. The summed E-state index contributed by atoms with van der Waals surface area (Å²) in [6.45, 7) is 0. The molecule has 10 aromatic carbocycles. The van der Waals surface area contributed by atoms with Crippen LogP contribution in [0.3, 0.4) is 0 Å². The van der Waals surface area contributed by atoms with E-state index in [1.807, 2.05) is 0 Å². The van der Waals surface area contributed by atoms with Crippen LogP contribution in [0.5, 0.6) is 11.5 Å². The Morgan fingerprint density at radius 1 is 0.333 bits per heavy atom. The van der Waals surface area contributed by atoms with E-state index in [1.54, 1.807) is 0 Å². The first-order valence-electron chi connectivity index (χ1n) is 19.7. The third kappa shape index (κ3) is 4.59. The SMILES string of the molecule is c1ccc(N(c2ccc(-c3cccc4c3-c3ccccc3C43c4ccc5ccccc5c4Oc4c3ccc3ccccc43)cc2)c2ccc3ccccc3c2)cc1. The summed E-state index contributed by atoms with van der Waals surface area (Å²) >= 11 is 0. The predicted molar refractivity (Wildman–Crippen MR) is 236 cm³/mol. The third-order valence-electron chi connectivity index (χ3n) is 12.3. The van der Waals surface area contributed by atoms with Crippen LogP contribution in [-0.2, 0) is 5.41 Å². The Kier molecular flexibility index (Phi) is 6.88. The first-order valence-corrected chi connectivity index (χ1v) is 19.7. The maximum absolute atomic E-state index is 7.16. The maximum Gasteiger partial charge on any atom is 0.140 e. The Bertz CT molecular complexity index is 3130. The first-order chi connectivity index (χ1) is 28.3. The lowest BCUT2D eigenvalue weighted by molar-refractivity contribution is 0.447. The average Bonchev–Trinajstić information content (AvgIpc) is 3.57. The van der Waals surface area contributed by atoms with Crippen molar-refractivity contribution in [3.63, 3.8) is 0 Å². The molecule has 1 spiro atoms. The highest BCUT2D eigenvalue weighted by Gasteiger charge is 2.52. The van der Waals surface area contributed by atoms with Gasteiger partial charge in [0.15, 0.2) is 0 Å². The van der Waals surface area contributed by atoms with E-state index in [1.165, 1.54) is 66.1 Å². The average molecular weight is 726 g/mol. The largest absolute Gasteiger partial charge is 0.455 e. The molecule has 2 aliphatic rings. The number of benzene rings is 10. The molecule has 0 amide bonds. The molecule has 0 unspecified atom stereocenters. The van der Waals surface area contributed by atoms with E-state index in [2.05, 4.69) is 217 Å². The van der Waals surface area contributed by atoms with Gasteiger partial charge in [0.2, 0.25) is 0 Å². The lowest BCUT2D eigenvalue weighted by Crippen LogP contribution is -2.32. The van der Waals surface area contributed by atoms with Gasteiger partial charge in [-0.3, -0.25) is 0 Å². The zero-order chi connectivity index (χ0) is 37.5. The number of hydrogen-bond donors (Lipinski definition) is 0. The molecule has 12 rings (SSSR count). The summed E-state index contributed by atoms with van der Waals surface area (Å²) in [7, 11) is 0. The van der Waals surface area contributed by atoms with E-state index in [-0.39, 0.29) is 0 Å². The van der Waals surface area contributed by atoms with Gasteiger partial charge in [-0.05, 0) is 91.3 Å². The number of rotatable bonds is 4. The van der Waals surface area contributed by atoms with Crippen molar-refractivity contribution in [1.29, 1.82) is 0 Å². The van der Waals surface area contributed by atoms with Crippen molar-refractivity contribution in [2.24, 2.45) is 0 Å². The first kappa shape index (κ1) is 31.9. The zero-order valence-corrected chi connectivity index (χ0v) is 31.1.